The summed E-state index contributed by atoms with van der Waals surface area (Å²) in [5.74, 6) is 0.488. The zero-order valence-electron chi connectivity index (χ0n) is 7.38. The normalized spacial score (nSPS) is 9.62. The highest BCUT2D eigenvalue weighted by Gasteiger charge is 2.06. The fraction of sp³-hybridized carbons (Fsp3) is 0.300. The van der Waals surface area contributed by atoms with Gasteiger partial charge in [-0.25, -0.2) is 4.39 Å². The molecule has 1 aromatic carbocycles. The van der Waals surface area contributed by atoms with Gasteiger partial charge in [0.25, 0.3) is 0 Å². The Labute approximate surface area is 81.6 Å². The molecule has 0 bridgehead atoms. The molecule has 0 aliphatic carbocycles. The van der Waals surface area contributed by atoms with Gasteiger partial charge in [-0.3, -0.25) is 0 Å². The summed E-state index contributed by atoms with van der Waals surface area (Å²) >= 11 is 1.52. The van der Waals surface area contributed by atoms with E-state index < -0.39 is 5.82 Å². The first kappa shape index (κ1) is 10.1. The van der Waals surface area contributed by atoms with E-state index in [1.807, 2.05) is 6.07 Å². The van der Waals surface area contributed by atoms with Crippen LogP contribution in [-0.2, 0) is 0 Å². The summed E-state index contributed by atoms with van der Waals surface area (Å²) in [5.41, 5.74) is 0.168. The molecule has 0 aromatic heterocycles. The van der Waals surface area contributed by atoms with Crippen LogP contribution in [0.15, 0.2) is 23.1 Å². The van der Waals surface area contributed by atoms with Crippen molar-refractivity contribution < 1.29 is 4.39 Å². The third-order valence-corrected chi connectivity index (χ3v) is 2.81. The van der Waals surface area contributed by atoms with E-state index in [0.29, 0.717) is 0 Å². The largest absolute Gasteiger partial charge is 0.206 e. The maximum absolute atomic E-state index is 13.0. The highest BCUT2D eigenvalue weighted by Crippen LogP contribution is 2.24. The van der Waals surface area contributed by atoms with Gasteiger partial charge in [0.15, 0.2) is 0 Å². The number of hydrogen-bond donors (Lipinski definition) is 0. The molecular weight excluding hydrogens is 185 g/mol. The average Bonchev–Trinajstić information content (AvgIpc) is 2.15. The molecule has 0 saturated carbocycles. The number of nitriles is 1. The molecule has 1 aromatic rings. The monoisotopic (exact) mass is 195 g/mol. The Morgan fingerprint density at radius 3 is 2.92 bits per heavy atom. The third-order valence-electron chi connectivity index (χ3n) is 1.55. The SMILES string of the molecule is CCCSc1cccc(F)c1C#N. The highest BCUT2D eigenvalue weighted by molar-refractivity contribution is 7.99. The van der Waals surface area contributed by atoms with Crippen molar-refractivity contribution in [3.8, 4) is 6.07 Å². The van der Waals surface area contributed by atoms with Crippen molar-refractivity contribution in [3.63, 3.8) is 0 Å². The van der Waals surface area contributed by atoms with Crippen LogP contribution in [-0.4, -0.2) is 5.75 Å². The molecule has 0 spiro atoms. The van der Waals surface area contributed by atoms with Crippen LogP contribution in [0.1, 0.15) is 18.9 Å². The zero-order chi connectivity index (χ0) is 9.68. The number of nitrogens with zero attached hydrogens (tertiary/aromatic N) is 1. The van der Waals surface area contributed by atoms with E-state index >= 15 is 0 Å². The van der Waals surface area contributed by atoms with E-state index in [-0.39, 0.29) is 5.56 Å². The molecule has 1 nitrogen and oxygen atoms in total. The number of rotatable bonds is 3. The van der Waals surface area contributed by atoms with Gasteiger partial charge in [0.2, 0.25) is 0 Å². The second-order valence-corrected chi connectivity index (χ2v) is 3.71. The summed E-state index contributed by atoms with van der Waals surface area (Å²) in [6.07, 6.45) is 1.02. The Morgan fingerprint density at radius 2 is 2.31 bits per heavy atom. The summed E-state index contributed by atoms with van der Waals surface area (Å²) in [4.78, 5) is 0.740. The molecule has 1 rings (SSSR count). The standard InChI is InChI=1S/C10H10FNS/c1-2-6-13-10-5-3-4-9(11)8(10)7-12/h3-5H,2,6H2,1H3. The van der Waals surface area contributed by atoms with E-state index in [2.05, 4.69) is 6.92 Å². The third kappa shape index (κ3) is 2.46. The lowest BCUT2D eigenvalue weighted by molar-refractivity contribution is 0.620. The van der Waals surface area contributed by atoms with E-state index in [1.165, 1.54) is 17.8 Å². The molecule has 3 heteroatoms. The number of hydrogen-bond acceptors (Lipinski definition) is 2. The van der Waals surface area contributed by atoms with Gasteiger partial charge in [0.05, 0.1) is 0 Å². The fourth-order valence-corrected chi connectivity index (χ4v) is 1.83. The first-order chi connectivity index (χ1) is 6.29. The summed E-state index contributed by atoms with van der Waals surface area (Å²) in [6, 6.07) is 6.60. The van der Waals surface area contributed by atoms with Gasteiger partial charge in [-0.05, 0) is 24.3 Å². The van der Waals surface area contributed by atoms with Crippen LogP contribution in [0.5, 0.6) is 0 Å². The Hall–Kier alpha value is -1.01. The molecule has 0 unspecified atom stereocenters. The average molecular weight is 195 g/mol. The molecule has 0 aliphatic heterocycles. The van der Waals surface area contributed by atoms with Crippen molar-refractivity contribution in [2.75, 3.05) is 5.75 Å². The Bertz CT molecular complexity index is 330. The molecule has 0 fully saturated rings. The van der Waals surface area contributed by atoms with E-state index in [0.717, 1.165) is 17.1 Å². The lowest BCUT2D eigenvalue weighted by Crippen LogP contribution is -1.87. The van der Waals surface area contributed by atoms with Crippen molar-refractivity contribution in [3.05, 3.63) is 29.6 Å². The summed E-state index contributed by atoms with van der Waals surface area (Å²) < 4.78 is 13.0. The highest BCUT2D eigenvalue weighted by atomic mass is 32.2. The topological polar surface area (TPSA) is 23.8 Å². The van der Waals surface area contributed by atoms with E-state index in [9.17, 15) is 4.39 Å². The summed E-state index contributed by atoms with van der Waals surface area (Å²) in [7, 11) is 0. The molecule has 0 saturated heterocycles. The van der Waals surface area contributed by atoms with Crippen LogP contribution in [0.2, 0.25) is 0 Å². The lowest BCUT2D eigenvalue weighted by atomic mass is 10.2. The predicted molar refractivity (Wildman–Crippen MR) is 52.1 cm³/mol. The molecule has 0 atom stereocenters. The van der Waals surface area contributed by atoms with Crippen molar-refractivity contribution in [2.45, 2.75) is 18.2 Å². The molecule has 68 valence electrons. The Balaban J connectivity index is 2.93. The molecule has 0 N–H and O–H groups in total. The maximum atomic E-state index is 13.0. The molecule has 0 radical (unpaired) electrons. The smallest absolute Gasteiger partial charge is 0.142 e. The van der Waals surface area contributed by atoms with Gasteiger partial charge in [-0.2, -0.15) is 5.26 Å². The number of halogens is 1. The zero-order valence-corrected chi connectivity index (χ0v) is 8.20. The van der Waals surface area contributed by atoms with Crippen molar-refractivity contribution >= 4 is 11.8 Å². The minimum absolute atomic E-state index is 0.168. The number of benzene rings is 1. The van der Waals surface area contributed by atoms with Gasteiger partial charge >= 0.3 is 0 Å². The first-order valence-electron chi connectivity index (χ1n) is 4.11. The minimum atomic E-state index is -0.427. The summed E-state index contributed by atoms with van der Waals surface area (Å²) in [6.45, 7) is 2.05. The van der Waals surface area contributed by atoms with Gasteiger partial charge in [0.1, 0.15) is 17.4 Å². The van der Waals surface area contributed by atoms with Crippen molar-refractivity contribution in [2.24, 2.45) is 0 Å². The van der Waals surface area contributed by atoms with Crippen molar-refractivity contribution in [1.82, 2.24) is 0 Å². The van der Waals surface area contributed by atoms with E-state index in [4.69, 9.17) is 5.26 Å². The van der Waals surface area contributed by atoms with E-state index in [1.54, 1.807) is 12.1 Å². The quantitative estimate of drug-likeness (QED) is 0.691. The van der Waals surface area contributed by atoms with Crippen molar-refractivity contribution in [1.29, 1.82) is 5.26 Å². The second-order valence-electron chi connectivity index (χ2n) is 2.57. The van der Waals surface area contributed by atoms with Crippen LogP contribution in [0.25, 0.3) is 0 Å². The van der Waals surface area contributed by atoms with Crippen LogP contribution in [0, 0.1) is 17.1 Å². The Morgan fingerprint density at radius 1 is 1.54 bits per heavy atom. The molecule has 0 aliphatic rings. The predicted octanol–water partition coefficient (Wildman–Crippen LogP) is 3.20. The van der Waals surface area contributed by atoms with Gasteiger partial charge in [-0.1, -0.05) is 13.0 Å². The fourth-order valence-electron chi connectivity index (χ4n) is 0.945. The molecule has 0 amide bonds. The molecule has 0 heterocycles. The molecule has 13 heavy (non-hydrogen) atoms. The van der Waals surface area contributed by atoms with Gasteiger partial charge < -0.3 is 0 Å². The van der Waals surface area contributed by atoms with Gasteiger partial charge in [0, 0.05) is 4.90 Å². The van der Waals surface area contributed by atoms with Crippen LogP contribution >= 0.6 is 11.8 Å². The lowest BCUT2D eigenvalue weighted by Gasteiger charge is -2.02. The first-order valence-corrected chi connectivity index (χ1v) is 5.09. The minimum Gasteiger partial charge on any atom is -0.206 e. The second kappa shape index (κ2) is 4.88. The van der Waals surface area contributed by atoms with Crippen LogP contribution < -0.4 is 0 Å². The van der Waals surface area contributed by atoms with Crippen LogP contribution in [0.4, 0.5) is 4.39 Å². The van der Waals surface area contributed by atoms with Crippen LogP contribution in [0.3, 0.4) is 0 Å². The number of thioether (sulfide) groups is 1. The molecular formula is C10H10FNS. The van der Waals surface area contributed by atoms with Gasteiger partial charge in [-0.15, -0.1) is 11.8 Å². The summed E-state index contributed by atoms with van der Waals surface area (Å²) in [5, 5.41) is 8.70. The maximum Gasteiger partial charge on any atom is 0.142 e. The Kier molecular flexibility index (Phi) is 3.78.